The molecular formula is C78H84Br2ClLiN5NaO16S5. The molecule has 6 heterocycles. The van der Waals surface area contributed by atoms with Crippen molar-refractivity contribution in [1.82, 2.24) is 9.78 Å². The van der Waals surface area contributed by atoms with E-state index in [1.165, 1.54) is 91.3 Å². The van der Waals surface area contributed by atoms with Gasteiger partial charge in [-0.25, -0.2) is 14.4 Å². The number of halogens is 3. The maximum atomic E-state index is 12.6. The van der Waals surface area contributed by atoms with Gasteiger partial charge in [0.1, 0.15) is 4.92 Å². The van der Waals surface area contributed by atoms with E-state index >= 15 is 0 Å². The van der Waals surface area contributed by atoms with Crippen LogP contribution < -0.4 is 54.2 Å². The normalized spacial score (nSPS) is 10.2. The van der Waals surface area contributed by atoms with Gasteiger partial charge >= 0.3 is 78.1 Å². The van der Waals surface area contributed by atoms with Gasteiger partial charge in [-0.15, -0.1) is 0 Å². The fraction of sp³-hybridized carbons (Fsp3) is 0.218. The van der Waals surface area contributed by atoms with Crippen molar-refractivity contribution in [3.63, 3.8) is 0 Å². The second kappa shape index (κ2) is 52.0. The molecule has 31 heteroatoms. The van der Waals surface area contributed by atoms with E-state index < -0.39 is 34.0 Å². The molecule has 0 atom stereocenters. The van der Waals surface area contributed by atoms with Crippen LogP contribution in [0.4, 0.5) is 5.88 Å². The zero-order chi connectivity index (χ0) is 77.3. The van der Waals surface area contributed by atoms with E-state index in [4.69, 9.17) is 45.5 Å². The van der Waals surface area contributed by atoms with Crippen LogP contribution in [0.25, 0.3) is 0 Å². The second-order valence-corrected chi connectivity index (χ2v) is 28.4. The van der Waals surface area contributed by atoms with Gasteiger partial charge in [-0.3, -0.25) is 19.7 Å². The largest absolute Gasteiger partial charge is 1.00 e. The standard InChI is InChI=1S/C18H17BrN2O2S.C14H14O3S.C13H11ClO2S.C13H12O3S.C8H10S.C6H5NO5.C5H9BrN2.CH4.Li.Na.H2O.H/c1-11-6-4-5-7-14(11)10-24-16-9-8-15(23-16)18(22)21-13(3)17(19)12(2)20-21;1-10-5-3-4-6-11(10)9-18-13-8-7-12(17-13)14(15)16-2;2*1-9-4-2-3-5-10(9)8-17-12-7-6-11(16-12)13(14)15;1-7-4-2-3-5-8(7)6-9;1-11-6(8)4-2-3-5(12-4)7(9)10;1-3(7)5(6)4(2)8;;;;;/h4-9H,10H2,1-3H3;3-8H,9H2,1-2H3;2-7H,8H2,1H3;2-7H,8H2,1H3,(H,14,15);2-5,9H,6H2,1H3;2-3H,1H3;7H,8H2,1-2H3;1H4;;;1H2;/q;;;;;;;;2*+1;;-1/p-1/b;;;;;;5-4+,7-3?;;;;;. The number of thioether (sulfide) groups is 4. The molecule has 0 saturated carbocycles. The van der Waals surface area contributed by atoms with Crippen LogP contribution in [0.15, 0.2) is 239 Å². The molecule has 21 nitrogen and oxygen atoms in total. The van der Waals surface area contributed by atoms with Crippen molar-refractivity contribution < 1.29 is 121 Å². The number of thiol groups is 1. The molecule has 11 aromatic rings. The fourth-order valence-electron chi connectivity index (χ4n) is 8.47. The fourth-order valence-corrected chi connectivity index (χ4v) is 12.9. The molecule has 11 rings (SSSR count). The predicted octanol–water partition coefficient (Wildman–Crippen LogP) is 16.2. The minimum atomic E-state index is -1.03. The van der Waals surface area contributed by atoms with Crippen LogP contribution in [0.3, 0.4) is 0 Å². The molecule has 0 aliphatic heterocycles. The third-order valence-electron chi connectivity index (χ3n) is 14.5. The SMILES string of the molecule is C.CC(=N)/C(Br)=C(/C)N.COC(=O)c1ccc(SCc2ccccc2C)o1.COC(=O)c1ccc([N+](=O)[O-])o1.Cc1ccccc1CS.Cc1ccccc1CSc1ccc(C(=O)Cl)o1.Cc1ccccc1CSc1ccc(C(=O)O)o1.Cc1ccccc1CSc1ccc(C(=O)n2nc(C)c(Br)c2C)o1.[H-].[Li+].[Na+].[OH-]. The van der Waals surface area contributed by atoms with Gasteiger partial charge in [-0.1, -0.05) is 176 Å². The van der Waals surface area contributed by atoms with Gasteiger partial charge < -0.3 is 54.7 Å². The molecule has 0 aliphatic rings. The number of carbonyl (C=O) groups excluding carboxylic acids is 4. The number of carboxylic acids is 1. The molecule has 0 fully saturated rings. The van der Waals surface area contributed by atoms with Gasteiger partial charge in [0, 0.05) is 40.2 Å². The van der Waals surface area contributed by atoms with Gasteiger partial charge in [0.05, 0.1) is 40.6 Å². The van der Waals surface area contributed by atoms with Gasteiger partial charge in [0.15, 0.2) is 31.9 Å². The molecule has 5 N–H and O–H groups in total. The molecule has 109 heavy (non-hydrogen) atoms. The summed E-state index contributed by atoms with van der Waals surface area (Å²) in [5, 5.41) is 32.3. The first-order valence-electron chi connectivity index (χ1n) is 31.6. The number of aryl methyl sites for hydroxylation is 6. The van der Waals surface area contributed by atoms with Crippen LogP contribution in [0, 0.1) is 64.0 Å². The number of allylic oxidation sites excluding steroid dienone is 2. The monoisotopic (exact) mass is 1730 g/mol. The molecule has 0 bridgehead atoms. The molecule has 6 aromatic heterocycles. The van der Waals surface area contributed by atoms with E-state index in [2.05, 4.69) is 159 Å². The van der Waals surface area contributed by atoms with Crippen molar-refractivity contribution in [2.24, 2.45) is 5.73 Å². The maximum absolute atomic E-state index is 12.6. The van der Waals surface area contributed by atoms with Crippen molar-refractivity contribution in [3.05, 3.63) is 303 Å². The smallest absolute Gasteiger partial charge is 1.00 e. The summed E-state index contributed by atoms with van der Waals surface area (Å²) < 4.78 is 37.8. The van der Waals surface area contributed by atoms with E-state index in [1.54, 1.807) is 85.5 Å². The summed E-state index contributed by atoms with van der Waals surface area (Å²) in [4.78, 5) is 65.3. The van der Waals surface area contributed by atoms with E-state index in [-0.39, 0.29) is 91.7 Å². The molecule has 0 unspecified atom stereocenters. The van der Waals surface area contributed by atoms with Crippen LogP contribution in [0.5, 0.6) is 0 Å². The Labute approximate surface area is 714 Å². The van der Waals surface area contributed by atoms with Crippen molar-refractivity contribution in [1.29, 1.82) is 5.41 Å². The number of nitro groups is 1. The molecule has 570 valence electrons. The summed E-state index contributed by atoms with van der Waals surface area (Å²) in [6.45, 7) is 17.5. The second-order valence-electron chi connectivity index (χ2n) is 22.2. The van der Waals surface area contributed by atoms with Gasteiger partial charge in [-0.2, -0.15) is 22.4 Å². The van der Waals surface area contributed by atoms with Crippen LogP contribution in [-0.4, -0.2) is 74.3 Å². The zero-order valence-electron chi connectivity index (χ0n) is 62.6. The molecule has 0 amide bonds. The number of ether oxygens (including phenoxy) is 2. The number of nitrogens with two attached hydrogens (primary N) is 1. The van der Waals surface area contributed by atoms with E-state index in [0.717, 1.165) is 68.0 Å². The first-order chi connectivity index (χ1) is 50.0. The third-order valence-corrected chi connectivity index (χ3v) is 21.2. The van der Waals surface area contributed by atoms with Gasteiger partial charge in [0.2, 0.25) is 17.3 Å². The number of benzene rings is 5. The molecular weight excluding hydrogens is 1650 g/mol. The zero-order valence-corrected chi connectivity index (χ0v) is 71.7. The number of nitrogens with one attached hydrogen (secondary N) is 1. The Bertz CT molecular complexity index is 4670. The number of rotatable bonds is 20. The Morgan fingerprint density at radius 2 is 0.881 bits per heavy atom. The van der Waals surface area contributed by atoms with Crippen molar-refractivity contribution in [2.45, 2.75) is 119 Å². The molecule has 0 aliphatic carbocycles. The summed E-state index contributed by atoms with van der Waals surface area (Å²) in [6, 6.07) is 56.8. The van der Waals surface area contributed by atoms with Crippen LogP contribution >= 0.6 is 103 Å². The summed E-state index contributed by atoms with van der Waals surface area (Å²) in [5.74, 6) is 1.64. The predicted molar refractivity (Wildman–Crippen MR) is 435 cm³/mol. The van der Waals surface area contributed by atoms with E-state index in [9.17, 15) is 34.1 Å². The Kier molecular flexibility index (Phi) is 47.5. The first-order valence-corrected chi connectivity index (χ1v) is 38.1. The average molecular weight is 1730 g/mol. The number of hydrogen-bond donors (Lipinski definition) is 4. The summed E-state index contributed by atoms with van der Waals surface area (Å²) in [7, 11) is 2.50. The molecule has 5 aromatic carbocycles. The molecule has 0 spiro atoms. The Balaban J connectivity index is 0.00000128. The number of esters is 2. The molecule has 0 saturated heterocycles. The van der Waals surface area contributed by atoms with Gasteiger partial charge in [-0.05, 0) is 216 Å². The molecule has 0 radical (unpaired) electrons. The number of methoxy groups -OCH3 is 2. The quantitative estimate of drug-likeness (QED) is 0.00805. The van der Waals surface area contributed by atoms with E-state index in [0.29, 0.717) is 31.8 Å². The minimum Gasteiger partial charge on any atom is -1.00 e. The number of furan rings is 5. The number of nitrogens with zero attached hydrogens (tertiary/aromatic N) is 3. The summed E-state index contributed by atoms with van der Waals surface area (Å²) >= 11 is 22.2. The number of carboxylic acid groups (broad SMARTS) is 1. The topological polar surface area (TPSA) is 331 Å². The van der Waals surface area contributed by atoms with Crippen molar-refractivity contribution in [3.8, 4) is 0 Å². The Morgan fingerprint density at radius 3 is 1.15 bits per heavy atom. The van der Waals surface area contributed by atoms with Gasteiger partial charge in [0.25, 0.3) is 5.24 Å². The first kappa shape index (κ1) is 99.6. The Hall–Kier alpha value is -7.37. The van der Waals surface area contributed by atoms with E-state index in [1.807, 2.05) is 80.6 Å². The van der Waals surface area contributed by atoms with Crippen molar-refractivity contribution >= 4 is 144 Å². The Morgan fingerprint density at radius 1 is 0.569 bits per heavy atom. The average Bonchev–Trinajstić information content (AvgIpc) is 1.66. The number of hydrogen-bond acceptors (Lipinski definition) is 23. The number of carbonyl (C=O) groups is 5. The van der Waals surface area contributed by atoms with Crippen LogP contribution in [0.2, 0.25) is 0 Å². The minimum absolute atomic E-state index is 0. The van der Waals surface area contributed by atoms with Crippen LogP contribution in [-0.2, 0) is 38.2 Å². The summed E-state index contributed by atoms with van der Waals surface area (Å²) in [6.07, 6.45) is 0. The van der Waals surface area contributed by atoms with Crippen LogP contribution in [0.1, 0.15) is 142 Å². The summed E-state index contributed by atoms with van der Waals surface area (Å²) in [5.41, 5.74) is 20.6. The maximum Gasteiger partial charge on any atom is 1.00 e. The number of aromatic carboxylic acids is 1. The van der Waals surface area contributed by atoms with Crippen molar-refractivity contribution in [2.75, 3.05) is 14.2 Å². The third kappa shape index (κ3) is 33.6. The number of aromatic nitrogens is 2.